The van der Waals surface area contributed by atoms with Crippen LogP contribution in [0.5, 0.6) is 0 Å². The third-order valence-electron chi connectivity index (χ3n) is 1.97. The van der Waals surface area contributed by atoms with Crippen molar-refractivity contribution in [1.29, 1.82) is 0 Å². The molecule has 0 heterocycles. The van der Waals surface area contributed by atoms with Crippen molar-refractivity contribution in [2.45, 2.75) is 18.4 Å². The molecule has 1 aromatic carbocycles. The summed E-state index contributed by atoms with van der Waals surface area (Å²) < 4.78 is 73.1. The smallest absolute Gasteiger partial charge is 0.168 e. The molecule has 8 heteroatoms. The molecule has 1 aromatic rings. The Hall–Kier alpha value is -1.60. The lowest BCUT2D eigenvalue weighted by Gasteiger charge is -2.14. The van der Waals surface area contributed by atoms with E-state index in [-0.39, 0.29) is 0 Å². The molecule has 0 saturated heterocycles. The average Bonchev–Trinajstić information content (AvgIpc) is 2.16. The number of benzene rings is 1. The number of halogens is 6. The van der Waals surface area contributed by atoms with Crippen LogP contribution in [0.25, 0.3) is 0 Å². The van der Waals surface area contributed by atoms with E-state index < -0.39 is 29.5 Å². The molecule has 0 bridgehead atoms. The van der Waals surface area contributed by atoms with Gasteiger partial charge in [-0.15, -0.1) is 4.91 Å². The first-order valence-electron chi connectivity index (χ1n) is 4.22. The van der Waals surface area contributed by atoms with Gasteiger partial charge in [-0.2, -0.15) is 26.3 Å². The van der Waals surface area contributed by atoms with Gasteiger partial charge in [0.2, 0.25) is 6.04 Å². The van der Waals surface area contributed by atoms with Crippen LogP contribution in [0.2, 0.25) is 0 Å². The fourth-order valence-corrected chi connectivity index (χ4v) is 1.16. The van der Waals surface area contributed by atoms with Gasteiger partial charge in [0.15, 0.2) is 0 Å². The van der Waals surface area contributed by atoms with E-state index in [1.54, 1.807) is 0 Å². The second kappa shape index (κ2) is 4.34. The lowest BCUT2D eigenvalue weighted by Crippen LogP contribution is -2.18. The largest absolute Gasteiger partial charge is 0.418 e. The van der Waals surface area contributed by atoms with Crippen molar-refractivity contribution < 1.29 is 26.3 Å². The number of hydrogen-bond acceptors (Lipinski definition) is 2. The number of rotatable bonds is 2. The SMILES string of the molecule is O=NC(c1ccc(C(F)(F)F)cc1)C(F)(F)F. The van der Waals surface area contributed by atoms with Crippen LogP contribution >= 0.6 is 0 Å². The molecule has 0 aliphatic heterocycles. The van der Waals surface area contributed by atoms with Crippen LogP contribution < -0.4 is 0 Å². The monoisotopic (exact) mass is 257 g/mol. The minimum absolute atomic E-state index is 0.471. The zero-order valence-corrected chi connectivity index (χ0v) is 8.01. The molecule has 0 radical (unpaired) electrons. The van der Waals surface area contributed by atoms with Gasteiger partial charge in [-0.05, 0) is 17.7 Å². The standard InChI is InChI=1S/C9H5F6NO/c10-8(11,12)6-3-1-5(2-4-6)7(16-17)9(13,14)15/h1-4,7H. The van der Waals surface area contributed by atoms with Crippen molar-refractivity contribution >= 4 is 0 Å². The van der Waals surface area contributed by atoms with Gasteiger partial charge in [0.1, 0.15) is 0 Å². The molecule has 0 saturated carbocycles. The minimum Gasteiger partial charge on any atom is -0.168 e. The lowest BCUT2D eigenvalue weighted by atomic mass is 10.1. The average molecular weight is 257 g/mol. The third kappa shape index (κ3) is 3.18. The Kier molecular flexibility index (Phi) is 3.44. The van der Waals surface area contributed by atoms with Crippen molar-refractivity contribution in [3.8, 4) is 0 Å². The second-order valence-electron chi connectivity index (χ2n) is 3.17. The van der Waals surface area contributed by atoms with Crippen LogP contribution in [-0.2, 0) is 6.18 Å². The Morgan fingerprint density at radius 1 is 0.941 bits per heavy atom. The Morgan fingerprint density at radius 3 is 1.71 bits per heavy atom. The molecule has 0 aliphatic rings. The predicted molar refractivity (Wildman–Crippen MR) is 46.0 cm³/mol. The molecular formula is C9H5F6NO. The molecule has 0 aliphatic carbocycles. The van der Waals surface area contributed by atoms with Gasteiger partial charge < -0.3 is 0 Å². The maximum atomic E-state index is 12.2. The summed E-state index contributed by atoms with van der Waals surface area (Å²) >= 11 is 0. The molecule has 1 unspecified atom stereocenters. The number of alkyl halides is 6. The Labute approximate surface area is 91.2 Å². The fourth-order valence-electron chi connectivity index (χ4n) is 1.16. The van der Waals surface area contributed by atoms with Crippen LogP contribution in [-0.4, -0.2) is 6.18 Å². The van der Waals surface area contributed by atoms with Crippen molar-refractivity contribution in [2.75, 3.05) is 0 Å². The first kappa shape index (κ1) is 13.5. The maximum absolute atomic E-state index is 12.2. The molecule has 17 heavy (non-hydrogen) atoms. The molecule has 2 nitrogen and oxygen atoms in total. The summed E-state index contributed by atoms with van der Waals surface area (Å²) in [6.07, 6.45) is -9.55. The summed E-state index contributed by atoms with van der Waals surface area (Å²) in [5.41, 5.74) is -1.71. The van der Waals surface area contributed by atoms with E-state index in [1.165, 1.54) is 0 Å². The van der Waals surface area contributed by atoms with Gasteiger partial charge in [0.25, 0.3) is 0 Å². The number of nitrogens with zero attached hydrogens (tertiary/aromatic N) is 1. The minimum atomic E-state index is -4.92. The molecule has 1 atom stereocenters. The van der Waals surface area contributed by atoms with Crippen molar-refractivity contribution in [3.63, 3.8) is 0 Å². The van der Waals surface area contributed by atoms with Gasteiger partial charge in [0, 0.05) is 0 Å². The van der Waals surface area contributed by atoms with Gasteiger partial charge in [-0.1, -0.05) is 17.3 Å². The maximum Gasteiger partial charge on any atom is 0.418 e. The van der Waals surface area contributed by atoms with E-state index in [0.717, 1.165) is 0 Å². The highest BCUT2D eigenvalue weighted by Crippen LogP contribution is 2.37. The highest BCUT2D eigenvalue weighted by molar-refractivity contribution is 5.27. The van der Waals surface area contributed by atoms with Gasteiger partial charge in [-0.25, -0.2) is 0 Å². The van der Waals surface area contributed by atoms with E-state index in [0.29, 0.717) is 24.3 Å². The number of hydrogen-bond donors (Lipinski definition) is 0. The summed E-state index contributed by atoms with van der Waals surface area (Å²) in [5.74, 6) is 0. The van der Waals surface area contributed by atoms with Gasteiger partial charge >= 0.3 is 12.4 Å². The normalized spacial score (nSPS) is 14.5. The van der Waals surface area contributed by atoms with E-state index in [2.05, 4.69) is 0 Å². The Balaban J connectivity index is 3.06. The molecule has 94 valence electrons. The van der Waals surface area contributed by atoms with Crippen LogP contribution in [0, 0.1) is 4.91 Å². The Morgan fingerprint density at radius 2 is 1.41 bits per heavy atom. The zero-order chi connectivity index (χ0) is 13.3. The van der Waals surface area contributed by atoms with Crippen LogP contribution in [0.1, 0.15) is 17.2 Å². The number of nitroso groups, excluding NO2 is 1. The summed E-state index contributed by atoms with van der Waals surface area (Å²) in [4.78, 5) is 10.0. The molecule has 1 rings (SSSR count). The second-order valence-corrected chi connectivity index (χ2v) is 3.17. The molecular weight excluding hydrogens is 252 g/mol. The highest BCUT2D eigenvalue weighted by atomic mass is 19.4. The van der Waals surface area contributed by atoms with Crippen molar-refractivity contribution in [3.05, 3.63) is 40.3 Å². The summed E-state index contributed by atoms with van der Waals surface area (Å²) in [6.45, 7) is 0. The van der Waals surface area contributed by atoms with Crippen molar-refractivity contribution in [1.82, 2.24) is 0 Å². The molecule has 0 N–H and O–H groups in total. The third-order valence-corrected chi connectivity index (χ3v) is 1.97. The lowest BCUT2D eigenvalue weighted by molar-refractivity contribution is -0.148. The summed E-state index contributed by atoms with van der Waals surface area (Å²) in [6, 6.07) is -0.534. The molecule has 0 spiro atoms. The first-order valence-corrected chi connectivity index (χ1v) is 4.22. The fraction of sp³-hybridized carbons (Fsp3) is 0.333. The van der Waals surface area contributed by atoms with E-state index >= 15 is 0 Å². The van der Waals surface area contributed by atoms with Gasteiger partial charge in [-0.3, -0.25) is 0 Å². The van der Waals surface area contributed by atoms with Crippen LogP contribution in [0.4, 0.5) is 26.3 Å². The van der Waals surface area contributed by atoms with Gasteiger partial charge in [0.05, 0.1) is 5.56 Å². The molecule has 0 fully saturated rings. The zero-order valence-electron chi connectivity index (χ0n) is 8.01. The van der Waals surface area contributed by atoms with Crippen LogP contribution in [0.15, 0.2) is 29.4 Å². The molecule has 0 amide bonds. The predicted octanol–water partition coefficient (Wildman–Crippen LogP) is 4.08. The topological polar surface area (TPSA) is 29.4 Å². The summed E-state index contributed by atoms with van der Waals surface area (Å²) in [7, 11) is 0. The quantitative estimate of drug-likeness (QED) is 0.580. The Bertz CT molecular complexity index is 393. The highest BCUT2D eigenvalue weighted by Gasteiger charge is 2.42. The van der Waals surface area contributed by atoms with Crippen molar-refractivity contribution in [2.24, 2.45) is 5.18 Å². The summed E-state index contributed by atoms with van der Waals surface area (Å²) in [5, 5.41) is 1.87. The van der Waals surface area contributed by atoms with E-state index in [4.69, 9.17) is 0 Å². The molecule has 0 aromatic heterocycles. The van der Waals surface area contributed by atoms with Crippen LogP contribution in [0.3, 0.4) is 0 Å². The van der Waals surface area contributed by atoms with E-state index in [9.17, 15) is 31.2 Å². The van der Waals surface area contributed by atoms with E-state index in [1.807, 2.05) is 5.18 Å². The first-order chi connectivity index (χ1) is 7.66.